The monoisotopic (exact) mass is 242 g/mol. The van der Waals surface area contributed by atoms with Crippen molar-refractivity contribution in [1.82, 2.24) is 4.90 Å². The summed E-state index contributed by atoms with van der Waals surface area (Å²) in [5.41, 5.74) is 4.69. The van der Waals surface area contributed by atoms with Crippen LogP contribution in [0.1, 0.15) is 32.6 Å². The number of rotatable bonds is 5. The van der Waals surface area contributed by atoms with Gasteiger partial charge in [0.15, 0.2) is 0 Å². The molecule has 0 radical (unpaired) electrons. The second kappa shape index (κ2) is 5.27. The van der Waals surface area contributed by atoms with E-state index in [9.17, 15) is 14.4 Å². The van der Waals surface area contributed by atoms with Crippen LogP contribution in [0.25, 0.3) is 0 Å². The van der Waals surface area contributed by atoms with E-state index in [-0.39, 0.29) is 24.7 Å². The smallest absolute Gasteiger partial charge is 0.325 e. The topological polar surface area (TPSA) is 89.7 Å². The minimum Gasteiger partial charge on any atom is -0.468 e. The van der Waals surface area contributed by atoms with Crippen molar-refractivity contribution in [3.63, 3.8) is 0 Å². The highest BCUT2D eigenvalue weighted by atomic mass is 16.5. The van der Waals surface area contributed by atoms with Crippen molar-refractivity contribution >= 4 is 17.8 Å². The number of carbonyl (C=O) groups is 3. The van der Waals surface area contributed by atoms with Crippen LogP contribution in [-0.4, -0.2) is 41.9 Å². The fraction of sp³-hybridized carbons (Fsp3) is 0.727. The van der Waals surface area contributed by atoms with E-state index in [1.165, 1.54) is 12.0 Å². The SMILES string of the molecule is COC(=O)C(C)(N)CCCN1C(=O)CCC1=O. The van der Waals surface area contributed by atoms with Gasteiger partial charge in [-0.15, -0.1) is 0 Å². The van der Waals surface area contributed by atoms with Crippen molar-refractivity contribution in [2.24, 2.45) is 5.73 Å². The molecule has 17 heavy (non-hydrogen) atoms. The van der Waals surface area contributed by atoms with Gasteiger partial charge in [-0.1, -0.05) is 0 Å². The molecule has 0 saturated carbocycles. The maximum Gasteiger partial charge on any atom is 0.325 e. The fourth-order valence-corrected chi connectivity index (χ4v) is 1.81. The Morgan fingerprint density at radius 3 is 2.41 bits per heavy atom. The Hall–Kier alpha value is -1.43. The van der Waals surface area contributed by atoms with Crippen LogP contribution in [0, 0.1) is 0 Å². The van der Waals surface area contributed by atoms with Crippen LogP contribution in [0.15, 0.2) is 0 Å². The van der Waals surface area contributed by atoms with Crippen LogP contribution in [-0.2, 0) is 19.1 Å². The lowest BCUT2D eigenvalue weighted by molar-refractivity contribution is -0.146. The number of ether oxygens (including phenoxy) is 1. The average molecular weight is 242 g/mol. The number of carbonyl (C=O) groups excluding carboxylic acids is 3. The van der Waals surface area contributed by atoms with Gasteiger partial charge in [-0.3, -0.25) is 19.3 Å². The van der Waals surface area contributed by atoms with Crippen molar-refractivity contribution in [1.29, 1.82) is 0 Å². The highest BCUT2D eigenvalue weighted by Gasteiger charge is 2.31. The Kier molecular flexibility index (Phi) is 4.22. The minimum absolute atomic E-state index is 0.146. The number of likely N-dealkylation sites (tertiary alicyclic amines) is 1. The third-order valence-electron chi connectivity index (χ3n) is 2.88. The zero-order valence-electron chi connectivity index (χ0n) is 10.2. The predicted octanol–water partition coefficient (Wildman–Crippen LogP) is -0.194. The van der Waals surface area contributed by atoms with Crippen LogP contribution in [0.3, 0.4) is 0 Å². The van der Waals surface area contributed by atoms with Crippen LogP contribution in [0.2, 0.25) is 0 Å². The number of imide groups is 1. The summed E-state index contributed by atoms with van der Waals surface area (Å²) in [6.45, 7) is 1.90. The van der Waals surface area contributed by atoms with Crippen LogP contribution in [0.4, 0.5) is 0 Å². The number of esters is 1. The van der Waals surface area contributed by atoms with E-state index in [1.807, 2.05) is 0 Å². The van der Waals surface area contributed by atoms with E-state index in [1.54, 1.807) is 6.92 Å². The first-order valence-corrected chi connectivity index (χ1v) is 5.59. The molecule has 0 aromatic rings. The van der Waals surface area contributed by atoms with Crippen LogP contribution in [0.5, 0.6) is 0 Å². The predicted molar refractivity (Wildman–Crippen MR) is 59.8 cm³/mol. The third kappa shape index (κ3) is 3.26. The number of hydrogen-bond acceptors (Lipinski definition) is 5. The quantitative estimate of drug-likeness (QED) is 0.533. The van der Waals surface area contributed by atoms with Gasteiger partial charge < -0.3 is 10.5 Å². The molecule has 1 aliphatic rings. The molecule has 1 atom stereocenters. The summed E-state index contributed by atoms with van der Waals surface area (Å²) in [5.74, 6) is -0.782. The molecule has 0 aromatic heterocycles. The van der Waals surface area contributed by atoms with Gasteiger partial charge in [0.05, 0.1) is 7.11 Å². The van der Waals surface area contributed by atoms with E-state index in [2.05, 4.69) is 4.74 Å². The number of hydrogen-bond donors (Lipinski definition) is 1. The molecule has 1 rings (SSSR count). The Morgan fingerprint density at radius 1 is 1.41 bits per heavy atom. The van der Waals surface area contributed by atoms with Gasteiger partial charge >= 0.3 is 5.97 Å². The van der Waals surface area contributed by atoms with Gasteiger partial charge in [0.2, 0.25) is 11.8 Å². The third-order valence-corrected chi connectivity index (χ3v) is 2.88. The summed E-state index contributed by atoms with van der Waals surface area (Å²) in [6, 6.07) is 0. The second-order valence-electron chi connectivity index (χ2n) is 4.45. The van der Waals surface area contributed by atoms with Gasteiger partial charge in [0, 0.05) is 19.4 Å². The molecule has 1 saturated heterocycles. The van der Waals surface area contributed by atoms with Crippen molar-refractivity contribution < 1.29 is 19.1 Å². The lowest BCUT2D eigenvalue weighted by Gasteiger charge is -2.22. The van der Waals surface area contributed by atoms with Gasteiger partial charge in [0.1, 0.15) is 5.54 Å². The molecule has 96 valence electrons. The molecule has 1 fully saturated rings. The summed E-state index contributed by atoms with van der Waals surface area (Å²) >= 11 is 0. The molecule has 0 aliphatic carbocycles. The van der Waals surface area contributed by atoms with E-state index in [4.69, 9.17) is 5.73 Å². The van der Waals surface area contributed by atoms with Crippen molar-refractivity contribution in [3.8, 4) is 0 Å². The molecule has 6 heteroatoms. The van der Waals surface area contributed by atoms with Gasteiger partial charge in [-0.05, 0) is 19.8 Å². The minimum atomic E-state index is -1.07. The zero-order valence-corrected chi connectivity index (χ0v) is 10.2. The maximum atomic E-state index is 11.3. The Balaban J connectivity index is 2.40. The summed E-state index contributed by atoms with van der Waals surface area (Å²) < 4.78 is 4.57. The molecular weight excluding hydrogens is 224 g/mol. The molecule has 1 unspecified atom stereocenters. The molecule has 2 amide bonds. The first kappa shape index (κ1) is 13.6. The lowest BCUT2D eigenvalue weighted by atomic mass is 9.97. The van der Waals surface area contributed by atoms with Gasteiger partial charge in [0.25, 0.3) is 0 Å². The summed E-state index contributed by atoms with van der Waals surface area (Å²) in [7, 11) is 1.28. The van der Waals surface area contributed by atoms with Gasteiger partial charge in [-0.2, -0.15) is 0 Å². The molecular formula is C11H18N2O4. The van der Waals surface area contributed by atoms with E-state index in [0.717, 1.165) is 0 Å². The molecule has 1 aliphatic heterocycles. The molecule has 6 nitrogen and oxygen atoms in total. The first-order chi connectivity index (χ1) is 7.88. The van der Waals surface area contributed by atoms with Gasteiger partial charge in [-0.25, -0.2) is 0 Å². The fourth-order valence-electron chi connectivity index (χ4n) is 1.81. The van der Waals surface area contributed by atoms with E-state index in [0.29, 0.717) is 19.4 Å². The Labute approximate surface area is 100 Å². The largest absolute Gasteiger partial charge is 0.468 e. The Bertz CT molecular complexity index is 322. The zero-order chi connectivity index (χ0) is 13.1. The van der Waals surface area contributed by atoms with Crippen molar-refractivity contribution in [3.05, 3.63) is 0 Å². The van der Waals surface area contributed by atoms with Crippen molar-refractivity contribution in [2.75, 3.05) is 13.7 Å². The van der Waals surface area contributed by atoms with Crippen molar-refractivity contribution in [2.45, 2.75) is 38.1 Å². The van der Waals surface area contributed by atoms with E-state index >= 15 is 0 Å². The maximum absolute atomic E-state index is 11.3. The summed E-state index contributed by atoms with van der Waals surface area (Å²) in [6.07, 6.45) is 1.45. The number of methoxy groups -OCH3 is 1. The first-order valence-electron chi connectivity index (χ1n) is 5.59. The molecule has 0 spiro atoms. The summed E-state index contributed by atoms with van der Waals surface area (Å²) in [4.78, 5) is 35.1. The Morgan fingerprint density at radius 2 is 1.94 bits per heavy atom. The molecule has 2 N–H and O–H groups in total. The normalized spacial score (nSPS) is 19.4. The lowest BCUT2D eigenvalue weighted by Crippen LogP contribution is -2.46. The van der Waals surface area contributed by atoms with Crippen LogP contribution >= 0.6 is 0 Å². The number of nitrogens with two attached hydrogens (primary N) is 1. The summed E-state index contributed by atoms with van der Waals surface area (Å²) in [5, 5.41) is 0. The molecule has 0 aromatic carbocycles. The number of amides is 2. The average Bonchev–Trinajstić information content (AvgIpc) is 2.59. The van der Waals surface area contributed by atoms with Crippen LogP contribution < -0.4 is 5.73 Å². The highest BCUT2D eigenvalue weighted by molar-refractivity contribution is 6.01. The molecule has 1 heterocycles. The molecule has 0 bridgehead atoms. The second-order valence-corrected chi connectivity index (χ2v) is 4.45. The number of nitrogens with zero attached hydrogens (tertiary/aromatic N) is 1. The van der Waals surface area contributed by atoms with E-state index < -0.39 is 11.5 Å². The highest BCUT2D eigenvalue weighted by Crippen LogP contribution is 2.15. The standard InChI is InChI=1S/C11H18N2O4/c1-11(12,10(16)17-2)6-3-7-13-8(14)4-5-9(13)15/h3-7,12H2,1-2H3.